The van der Waals surface area contributed by atoms with Gasteiger partial charge in [0.1, 0.15) is 22.9 Å². The van der Waals surface area contributed by atoms with E-state index in [0.29, 0.717) is 18.4 Å². The predicted octanol–water partition coefficient (Wildman–Crippen LogP) is 0.697. The molecular weight excluding hydrogens is 336 g/mol. The smallest absolute Gasteiger partial charge is 0.332 e. The van der Waals surface area contributed by atoms with Crippen molar-refractivity contribution in [3.05, 3.63) is 50.1 Å². The first-order valence-corrected chi connectivity index (χ1v) is 8.56. The molecule has 3 rings (SSSR count). The molecule has 140 valence electrons. The highest BCUT2D eigenvalue weighted by Crippen LogP contribution is 2.47. The van der Waals surface area contributed by atoms with E-state index in [2.05, 4.69) is 6.92 Å². The average molecular weight is 360 g/mol. The Balaban J connectivity index is 1.73. The molecule has 0 unspecified atom stereocenters. The number of hydrogen-bond acceptors (Lipinski definition) is 6. The van der Waals surface area contributed by atoms with Crippen molar-refractivity contribution < 1.29 is 9.21 Å². The van der Waals surface area contributed by atoms with Crippen molar-refractivity contribution in [1.29, 1.82) is 0 Å². The van der Waals surface area contributed by atoms with E-state index in [1.54, 1.807) is 11.9 Å². The van der Waals surface area contributed by atoms with Crippen molar-refractivity contribution in [3.63, 3.8) is 0 Å². The van der Waals surface area contributed by atoms with Gasteiger partial charge in [-0.2, -0.15) is 0 Å². The van der Waals surface area contributed by atoms with E-state index in [4.69, 9.17) is 10.2 Å². The number of likely N-dealkylation sites (N-methyl/N-ethyl adjacent to an activating group) is 1. The summed E-state index contributed by atoms with van der Waals surface area (Å²) in [4.78, 5) is 38.5. The van der Waals surface area contributed by atoms with E-state index in [0.717, 1.165) is 27.1 Å². The third kappa shape index (κ3) is 3.24. The number of anilines is 1. The molecule has 2 N–H and O–H groups in total. The lowest BCUT2D eigenvalue weighted by Crippen LogP contribution is -2.43. The van der Waals surface area contributed by atoms with Crippen LogP contribution in [0.15, 0.2) is 26.1 Å². The number of nitrogens with zero attached hydrogens (tertiary/aromatic N) is 3. The van der Waals surface area contributed by atoms with Crippen molar-refractivity contribution in [2.45, 2.75) is 25.8 Å². The first-order valence-electron chi connectivity index (χ1n) is 8.56. The summed E-state index contributed by atoms with van der Waals surface area (Å²) in [5.74, 6) is 2.39. The third-order valence-electron chi connectivity index (χ3n) is 4.99. The molecule has 2 aromatic heterocycles. The summed E-state index contributed by atoms with van der Waals surface area (Å²) in [6.07, 6.45) is 1.15. The van der Waals surface area contributed by atoms with Gasteiger partial charge in [-0.1, -0.05) is 6.92 Å². The summed E-state index contributed by atoms with van der Waals surface area (Å²) >= 11 is 0. The van der Waals surface area contributed by atoms with Gasteiger partial charge in [0.05, 0.1) is 13.1 Å². The first kappa shape index (κ1) is 18.2. The molecule has 0 radical (unpaired) electrons. The van der Waals surface area contributed by atoms with Gasteiger partial charge in [-0.05, 0) is 31.5 Å². The van der Waals surface area contributed by atoms with E-state index in [9.17, 15) is 14.4 Å². The number of ketones is 1. The lowest BCUT2D eigenvalue weighted by Gasteiger charge is -2.16. The molecule has 1 saturated carbocycles. The largest absolute Gasteiger partial charge is 0.464 e. The molecule has 0 aliphatic heterocycles. The second kappa shape index (κ2) is 6.60. The van der Waals surface area contributed by atoms with Gasteiger partial charge < -0.3 is 10.2 Å². The van der Waals surface area contributed by atoms with Crippen LogP contribution in [-0.2, 0) is 20.6 Å². The van der Waals surface area contributed by atoms with Crippen LogP contribution >= 0.6 is 0 Å². The SMILES string of the molecule is C[C@H]1C[C@H]1c1ccc(CN(C)CC(=O)c2c(N)n(C)c(=O)n(C)c2=O)o1. The van der Waals surface area contributed by atoms with E-state index >= 15 is 0 Å². The molecule has 2 atom stereocenters. The Hall–Kier alpha value is -2.61. The molecule has 0 amide bonds. The monoisotopic (exact) mass is 360 g/mol. The minimum atomic E-state index is -0.674. The number of Topliss-reactive ketones (excluding diaryl/α,β-unsaturated/α-hetero) is 1. The molecule has 0 bridgehead atoms. The maximum atomic E-state index is 12.6. The fraction of sp³-hybridized carbons (Fsp3) is 0.500. The summed E-state index contributed by atoms with van der Waals surface area (Å²) in [5.41, 5.74) is 4.44. The molecule has 0 spiro atoms. The summed E-state index contributed by atoms with van der Waals surface area (Å²) in [6.45, 7) is 2.63. The number of hydrogen-bond donors (Lipinski definition) is 1. The van der Waals surface area contributed by atoms with Crippen LogP contribution in [0.3, 0.4) is 0 Å². The predicted molar refractivity (Wildman–Crippen MR) is 97.2 cm³/mol. The van der Waals surface area contributed by atoms with Crippen LogP contribution in [0, 0.1) is 5.92 Å². The average Bonchev–Trinajstić information content (AvgIpc) is 3.13. The summed E-state index contributed by atoms with van der Waals surface area (Å²) in [6, 6.07) is 3.90. The number of nitrogens with two attached hydrogens (primary N) is 1. The summed E-state index contributed by atoms with van der Waals surface area (Å²) < 4.78 is 7.84. The molecule has 1 aliphatic carbocycles. The highest BCUT2D eigenvalue weighted by Gasteiger charge is 2.36. The number of carbonyl (C=O) groups excluding carboxylic acids is 1. The van der Waals surface area contributed by atoms with E-state index in [1.807, 2.05) is 12.1 Å². The van der Waals surface area contributed by atoms with Gasteiger partial charge in [0.2, 0.25) is 0 Å². The minimum Gasteiger partial charge on any atom is -0.464 e. The number of carbonyl (C=O) groups is 1. The Labute approximate surface area is 150 Å². The van der Waals surface area contributed by atoms with Gasteiger partial charge in [-0.25, -0.2) is 4.79 Å². The van der Waals surface area contributed by atoms with Crippen LogP contribution in [0.1, 0.15) is 41.1 Å². The third-order valence-corrected chi connectivity index (χ3v) is 4.99. The van der Waals surface area contributed by atoms with Crippen LogP contribution in [-0.4, -0.2) is 33.4 Å². The van der Waals surface area contributed by atoms with Crippen LogP contribution in [0.2, 0.25) is 0 Å². The van der Waals surface area contributed by atoms with Crippen molar-refractivity contribution in [2.24, 2.45) is 20.0 Å². The quantitative estimate of drug-likeness (QED) is 0.761. The second-order valence-electron chi connectivity index (χ2n) is 7.19. The maximum Gasteiger partial charge on any atom is 0.332 e. The lowest BCUT2D eigenvalue weighted by atomic mass is 10.2. The van der Waals surface area contributed by atoms with Crippen molar-refractivity contribution in [2.75, 3.05) is 19.3 Å². The van der Waals surface area contributed by atoms with E-state index < -0.39 is 17.0 Å². The molecule has 2 aromatic rings. The first-order chi connectivity index (χ1) is 12.2. The van der Waals surface area contributed by atoms with Crippen LogP contribution < -0.4 is 17.0 Å². The fourth-order valence-electron chi connectivity index (χ4n) is 3.17. The molecular formula is C18H24N4O4. The van der Waals surface area contributed by atoms with Crippen molar-refractivity contribution in [3.8, 4) is 0 Å². The molecule has 2 heterocycles. The molecule has 8 heteroatoms. The van der Waals surface area contributed by atoms with Crippen molar-refractivity contribution in [1.82, 2.24) is 14.0 Å². The molecule has 0 saturated heterocycles. The van der Waals surface area contributed by atoms with Crippen molar-refractivity contribution >= 4 is 11.6 Å². The Kier molecular flexibility index (Phi) is 4.62. The number of rotatable bonds is 6. The zero-order valence-corrected chi connectivity index (χ0v) is 15.5. The summed E-state index contributed by atoms with van der Waals surface area (Å²) in [5, 5.41) is 0. The topological polar surface area (TPSA) is 103 Å². The molecule has 1 fully saturated rings. The van der Waals surface area contributed by atoms with Gasteiger partial charge >= 0.3 is 5.69 Å². The number of furan rings is 1. The van der Waals surface area contributed by atoms with Gasteiger partial charge in [0.25, 0.3) is 5.56 Å². The molecule has 8 nitrogen and oxygen atoms in total. The maximum absolute atomic E-state index is 12.6. The molecule has 1 aliphatic rings. The fourth-order valence-corrected chi connectivity index (χ4v) is 3.17. The molecule has 26 heavy (non-hydrogen) atoms. The van der Waals surface area contributed by atoms with Gasteiger partial charge in [-0.15, -0.1) is 0 Å². The van der Waals surface area contributed by atoms with Gasteiger partial charge in [-0.3, -0.25) is 23.6 Å². The van der Waals surface area contributed by atoms with Gasteiger partial charge in [0.15, 0.2) is 5.78 Å². The number of nitrogen functional groups attached to an aromatic ring is 1. The zero-order chi connectivity index (χ0) is 19.2. The van der Waals surface area contributed by atoms with Crippen LogP contribution in [0.5, 0.6) is 0 Å². The van der Waals surface area contributed by atoms with E-state index in [-0.39, 0.29) is 17.9 Å². The second-order valence-corrected chi connectivity index (χ2v) is 7.19. The molecule has 0 aromatic carbocycles. The van der Waals surface area contributed by atoms with Gasteiger partial charge in [0, 0.05) is 20.0 Å². The minimum absolute atomic E-state index is 0.00644. The Morgan fingerprint density at radius 1 is 1.31 bits per heavy atom. The Morgan fingerprint density at radius 2 is 1.96 bits per heavy atom. The normalized spacial score (nSPS) is 19.1. The van der Waals surface area contributed by atoms with Crippen LogP contribution in [0.25, 0.3) is 0 Å². The Bertz CT molecular complexity index is 969. The highest BCUT2D eigenvalue weighted by atomic mass is 16.3. The zero-order valence-electron chi connectivity index (χ0n) is 15.5. The van der Waals surface area contributed by atoms with E-state index in [1.165, 1.54) is 14.1 Å². The highest BCUT2D eigenvalue weighted by molar-refractivity contribution is 6.01. The lowest BCUT2D eigenvalue weighted by molar-refractivity contribution is 0.0937. The number of aromatic nitrogens is 2. The summed E-state index contributed by atoms with van der Waals surface area (Å²) in [7, 11) is 4.52. The standard InChI is InChI=1S/C18H24N4O4/c1-10-7-12(10)14-6-5-11(26-14)8-20(2)9-13(23)15-16(19)21(3)18(25)22(4)17(15)24/h5-6,10,12H,7-9,19H2,1-4H3/t10-,12+/m0/s1. The van der Waals surface area contributed by atoms with Crippen LogP contribution in [0.4, 0.5) is 5.82 Å². The Morgan fingerprint density at radius 3 is 2.58 bits per heavy atom.